The van der Waals surface area contributed by atoms with Crippen molar-refractivity contribution in [3.8, 4) is 22.6 Å². The highest BCUT2D eigenvalue weighted by Crippen LogP contribution is 2.37. The van der Waals surface area contributed by atoms with E-state index in [9.17, 15) is 22.0 Å². The van der Waals surface area contributed by atoms with Crippen molar-refractivity contribution < 1.29 is 21.9 Å². The average molecular weight is 435 g/mol. The number of aryl methyl sites for hydroxylation is 1. The fourth-order valence-corrected chi connectivity index (χ4v) is 3.35. The molecule has 10 heteroatoms. The van der Waals surface area contributed by atoms with Gasteiger partial charge in [-0.2, -0.15) is 0 Å². The number of pyridine rings is 1. The second-order valence-electron chi connectivity index (χ2n) is 6.49. The third-order valence-corrected chi connectivity index (χ3v) is 5.58. The molecule has 0 aliphatic carbocycles. The summed E-state index contributed by atoms with van der Waals surface area (Å²) < 4.78 is 60.4. The minimum absolute atomic E-state index is 0.0338. The van der Waals surface area contributed by atoms with Gasteiger partial charge in [0.25, 0.3) is 5.56 Å². The summed E-state index contributed by atoms with van der Waals surface area (Å²) in [5.41, 5.74) is 6.36. The molecular formula is C20H19F2N3O4S. The third kappa shape index (κ3) is 4.60. The van der Waals surface area contributed by atoms with Crippen molar-refractivity contribution in [3.63, 3.8) is 0 Å². The summed E-state index contributed by atoms with van der Waals surface area (Å²) in [4.78, 5) is 11.9. The van der Waals surface area contributed by atoms with Crippen molar-refractivity contribution in [1.82, 2.24) is 4.57 Å². The van der Waals surface area contributed by atoms with Gasteiger partial charge in [0.05, 0.1) is 11.4 Å². The lowest BCUT2D eigenvalue weighted by molar-refractivity contribution is 0.439. The first-order chi connectivity index (χ1) is 14.1. The van der Waals surface area contributed by atoms with E-state index in [-0.39, 0.29) is 28.6 Å². The van der Waals surface area contributed by atoms with Gasteiger partial charge in [0, 0.05) is 36.1 Å². The number of benzene rings is 2. The van der Waals surface area contributed by atoms with Crippen LogP contribution in [0.1, 0.15) is 6.92 Å². The zero-order valence-electron chi connectivity index (χ0n) is 16.1. The number of rotatable bonds is 6. The van der Waals surface area contributed by atoms with Crippen LogP contribution < -0.4 is 20.8 Å². The SMILES string of the molecule is CCS(=O)(=O)Nc1ccc(Oc2ccc(F)cc2F)c(-c2cc(N)c(=O)n(C)c2)c1. The number of halogens is 2. The smallest absolute Gasteiger partial charge is 0.273 e. The van der Waals surface area contributed by atoms with E-state index < -0.39 is 27.2 Å². The van der Waals surface area contributed by atoms with Gasteiger partial charge < -0.3 is 15.0 Å². The first-order valence-corrected chi connectivity index (χ1v) is 10.5. The molecule has 0 radical (unpaired) electrons. The molecule has 0 aliphatic heterocycles. The fourth-order valence-electron chi connectivity index (χ4n) is 2.72. The lowest BCUT2D eigenvalue weighted by atomic mass is 10.1. The van der Waals surface area contributed by atoms with Gasteiger partial charge in [0.2, 0.25) is 10.0 Å². The normalized spacial score (nSPS) is 11.3. The molecule has 1 heterocycles. The molecule has 3 aromatic rings. The topological polar surface area (TPSA) is 103 Å². The van der Waals surface area contributed by atoms with Gasteiger partial charge >= 0.3 is 0 Å². The van der Waals surface area contributed by atoms with Crippen molar-refractivity contribution in [1.29, 1.82) is 0 Å². The number of hydrogen-bond donors (Lipinski definition) is 2. The Labute approximate surface area is 171 Å². The van der Waals surface area contributed by atoms with Gasteiger partial charge in [0.1, 0.15) is 11.6 Å². The predicted molar refractivity (Wildman–Crippen MR) is 111 cm³/mol. The summed E-state index contributed by atoms with van der Waals surface area (Å²) in [6.45, 7) is 1.49. The van der Waals surface area contributed by atoms with Gasteiger partial charge in [-0.1, -0.05) is 0 Å². The molecule has 2 aromatic carbocycles. The van der Waals surface area contributed by atoms with Gasteiger partial charge in [0.15, 0.2) is 11.6 Å². The molecule has 158 valence electrons. The lowest BCUT2D eigenvalue weighted by Gasteiger charge is -2.15. The second-order valence-corrected chi connectivity index (χ2v) is 8.50. The molecule has 1 aromatic heterocycles. The van der Waals surface area contributed by atoms with Crippen LogP contribution in [0, 0.1) is 11.6 Å². The number of nitrogens with zero attached hydrogens (tertiary/aromatic N) is 1. The van der Waals surface area contributed by atoms with Gasteiger partial charge in [-0.05, 0) is 43.3 Å². The molecule has 0 aliphatic rings. The van der Waals surface area contributed by atoms with Crippen LogP contribution in [-0.4, -0.2) is 18.7 Å². The van der Waals surface area contributed by atoms with Crippen LogP contribution in [0.3, 0.4) is 0 Å². The Hall–Kier alpha value is -3.40. The minimum Gasteiger partial charge on any atom is -0.454 e. The lowest BCUT2D eigenvalue weighted by Crippen LogP contribution is -2.19. The maximum Gasteiger partial charge on any atom is 0.273 e. The number of hydrogen-bond acceptors (Lipinski definition) is 5. The van der Waals surface area contributed by atoms with Crippen LogP contribution in [-0.2, 0) is 17.1 Å². The molecule has 0 spiro atoms. The highest BCUT2D eigenvalue weighted by molar-refractivity contribution is 7.92. The standard InChI is InChI=1S/C20H19F2N3O4S/c1-3-30(27,28)24-14-5-7-18(29-19-6-4-13(21)9-16(19)22)15(10-14)12-8-17(23)20(26)25(2)11-12/h4-11,24H,3,23H2,1-2H3. The highest BCUT2D eigenvalue weighted by atomic mass is 32.2. The second kappa shape index (κ2) is 8.15. The molecule has 0 saturated heterocycles. The Morgan fingerprint density at radius 2 is 1.80 bits per heavy atom. The monoisotopic (exact) mass is 435 g/mol. The van der Waals surface area contributed by atoms with E-state index in [4.69, 9.17) is 10.5 Å². The Morgan fingerprint density at radius 1 is 1.10 bits per heavy atom. The van der Waals surface area contributed by atoms with Crippen molar-refractivity contribution in [2.24, 2.45) is 7.05 Å². The molecule has 3 N–H and O–H groups in total. The number of nitrogen functional groups attached to an aromatic ring is 1. The van der Waals surface area contributed by atoms with E-state index in [0.717, 1.165) is 12.1 Å². The van der Waals surface area contributed by atoms with E-state index in [1.54, 1.807) is 0 Å². The van der Waals surface area contributed by atoms with Crippen molar-refractivity contribution >= 4 is 21.4 Å². The quantitative estimate of drug-likeness (QED) is 0.617. The summed E-state index contributed by atoms with van der Waals surface area (Å²) in [6, 6.07) is 8.63. The summed E-state index contributed by atoms with van der Waals surface area (Å²) in [5, 5.41) is 0. The largest absolute Gasteiger partial charge is 0.454 e. The first kappa shape index (κ1) is 21.3. The number of ether oxygens (including phenoxy) is 1. The third-order valence-electron chi connectivity index (χ3n) is 4.27. The zero-order valence-corrected chi connectivity index (χ0v) is 17.0. The van der Waals surface area contributed by atoms with Crippen LogP contribution in [0.15, 0.2) is 53.5 Å². The van der Waals surface area contributed by atoms with E-state index in [1.807, 2.05) is 0 Å². The Morgan fingerprint density at radius 3 is 2.43 bits per heavy atom. The maximum absolute atomic E-state index is 14.1. The van der Waals surface area contributed by atoms with Crippen LogP contribution in [0.2, 0.25) is 0 Å². The fraction of sp³-hybridized carbons (Fsp3) is 0.150. The van der Waals surface area contributed by atoms with E-state index >= 15 is 0 Å². The van der Waals surface area contributed by atoms with Gasteiger partial charge in [-0.3, -0.25) is 9.52 Å². The number of nitrogens with one attached hydrogen (secondary N) is 1. The van der Waals surface area contributed by atoms with Gasteiger partial charge in [-0.25, -0.2) is 17.2 Å². The van der Waals surface area contributed by atoms with E-state index in [1.165, 1.54) is 49.0 Å². The molecule has 0 saturated carbocycles. The zero-order chi connectivity index (χ0) is 22.1. The number of nitrogens with two attached hydrogens (primary N) is 1. The molecule has 0 atom stereocenters. The molecule has 3 rings (SSSR count). The Bertz CT molecular complexity index is 1250. The van der Waals surface area contributed by atoms with Crippen molar-refractivity contribution in [2.45, 2.75) is 6.92 Å². The Balaban J connectivity index is 2.15. The molecule has 0 amide bonds. The van der Waals surface area contributed by atoms with Crippen molar-refractivity contribution in [2.75, 3.05) is 16.2 Å². The van der Waals surface area contributed by atoms with Crippen molar-refractivity contribution in [3.05, 3.63) is 70.6 Å². The number of sulfonamides is 1. The molecule has 0 unspecified atom stereocenters. The predicted octanol–water partition coefficient (Wildman–Crippen LogP) is 3.47. The van der Waals surface area contributed by atoms with Crippen LogP contribution >= 0.6 is 0 Å². The molecule has 7 nitrogen and oxygen atoms in total. The van der Waals surface area contributed by atoms with Crippen LogP contribution in [0.4, 0.5) is 20.2 Å². The molecular weight excluding hydrogens is 416 g/mol. The van der Waals surface area contributed by atoms with E-state index in [2.05, 4.69) is 4.72 Å². The number of anilines is 2. The number of aromatic nitrogens is 1. The Kier molecular flexibility index (Phi) is 5.79. The molecule has 30 heavy (non-hydrogen) atoms. The highest BCUT2D eigenvalue weighted by Gasteiger charge is 2.16. The van der Waals surface area contributed by atoms with E-state index in [0.29, 0.717) is 17.2 Å². The first-order valence-electron chi connectivity index (χ1n) is 8.83. The average Bonchev–Trinajstić information content (AvgIpc) is 2.68. The van der Waals surface area contributed by atoms with Crippen LogP contribution in [0.25, 0.3) is 11.1 Å². The summed E-state index contributed by atoms with van der Waals surface area (Å²) in [7, 11) is -2.04. The minimum atomic E-state index is -3.55. The molecule has 0 bridgehead atoms. The molecule has 0 fully saturated rings. The summed E-state index contributed by atoms with van der Waals surface area (Å²) in [6.07, 6.45) is 1.49. The van der Waals surface area contributed by atoms with Crippen LogP contribution in [0.5, 0.6) is 11.5 Å². The summed E-state index contributed by atoms with van der Waals surface area (Å²) in [5.74, 6) is -1.86. The summed E-state index contributed by atoms with van der Waals surface area (Å²) >= 11 is 0. The van der Waals surface area contributed by atoms with Gasteiger partial charge in [-0.15, -0.1) is 0 Å². The maximum atomic E-state index is 14.1.